The third-order valence-corrected chi connectivity index (χ3v) is 1.25. The molecule has 0 spiro atoms. The average Bonchev–Trinajstić information content (AvgIpc) is 2.05. The molecule has 1 aromatic rings. The highest BCUT2D eigenvalue weighted by Crippen LogP contribution is 2.02. The first-order chi connectivity index (χ1) is 5.83. The lowest BCUT2D eigenvalue weighted by atomic mass is 10.2. The molecule has 1 aromatic heterocycles. The van der Waals surface area contributed by atoms with Crippen molar-refractivity contribution < 1.29 is 4.39 Å². The van der Waals surface area contributed by atoms with Crippen LogP contribution in [0, 0.1) is 17.1 Å². The minimum atomic E-state index is -0.367. The molecular formula is C9H7FN2. The fourth-order valence-electron chi connectivity index (χ4n) is 0.767. The van der Waals surface area contributed by atoms with Crippen LogP contribution in [0.3, 0.4) is 0 Å². The van der Waals surface area contributed by atoms with Crippen LogP contribution in [-0.2, 0) is 0 Å². The Morgan fingerprint density at radius 3 is 3.08 bits per heavy atom. The molecule has 0 bridgehead atoms. The quantitative estimate of drug-likeness (QED) is 0.668. The Labute approximate surface area is 70.0 Å². The van der Waals surface area contributed by atoms with E-state index in [2.05, 4.69) is 4.98 Å². The van der Waals surface area contributed by atoms with E-state index in [-0.39, 0.29) is 5.82 Å². The number of halogens is 1. The maximum Gasteiger partial charge on any atom is 0.142 e. The van der Waals surface area contributed by atoms with Gasteiger partial charge in [0.25, 0.3) is 0 Å². The lowest BCUT2D eigenvalue weighted by Crippen LogP contribution is -1.79. The molecule has 0 saturated carbocycles. The van der Waals surface area contributed by atoms with Gasteiger partial charge in [-0.1, -0.05) is 12.2 Å². The molecule has 0 radical (unpaired) electrons. The zero-order valence-corrected chi connectivity index (χ0v) is 6.37. The number of nitriles is 1. The first-order valence-electron chi connectivity index (χ1n) is 3.47. The molecule has 1 heterocycles. The monoisotopic (exact) mass is 162 g/mol. The lowest BCUT2D eigenvalue weighted by Gasteiger charge is -1.90. The third-order valence-electron chi connectivity index (χ3n) is 1.25. The Kier molecular flexibility index (Phi) is 2.97. The minimum absolute atomic E-state index is 0.330. The molecule has 0 N–H and O–H groups in total. The molecule has 12 heavy (non-hydrogen) atoms. The van der Waals surface area contributed by atoms with Crippen molar-refractivity contribution in [3.05, 3.63) is 35.9 Å². The highest BCUT2D eigenvalue weighted by atomic mass is 19.1. The fourth-order valence-corrected chi connectivity index (χ4v) is 0.767. The second-order valence-corrected chi connectivity index (χ2v) is 2.20. The molecule has 0 aliphatic carbocycles. The summed E-state index contributed by atoms with van der Waals surface area (Å²) >= 11 is 0. The van der Waals surface area contributed by atoms with E-state index in [9.17, 15) is 4.39 Å². The van der Waals surface area contributed by atoms with Gasteiger partial charge in [0.2, 0.25) is 0 Å². The first-order valence-corrected chi connectivity index (χ1v) is 3.47. The topological polar surface area (TPSA) is 36.7 Å². The number of allylic oxidation sites excluding steroid dienone is 1. The smallest absolute Gasteiger partial charge is 0.142 e. The number of hydrogen-bond donors (Lipinski definition) is 0. The predicted molar refractivity (Wildman–Crippen MR) is 43.5 cm³/mol. The van der Waals surface area contributed by atoms with E-state index in [4.69, 9.17) is 5.26 Å². The standard InChI is InChI=1S/C9H7FN2/c10-9-5-8(6-12-7-9)3-1-2-4-11/h1,3,5-7H,2H2. The Balaban J connectivity index is 2.71. The summed E-state index contributed by atoms with van der Waals surface area (Å²) in [5.41, 5.74) is 0.672. The van der Waals surface area contributed by atoms with Crippen LogP contribution in [0.25, 0.3) is 6.08 Å². The molecule has 0 aliphatic heterocycles. The Hall–Kier alpha value is -1.69. The van der Waals surface area contributed by atoms with Gasteiger partial charge < -0.3 is 0 Å². The maximum atomic E-state index is 12.5. The number of aromatic nitrogens is 1. The second kappa shape index (κ2) is 4.24. The summed E-state index contributed by atoms with van der Waals surface area (Å²) in [6.45, 7) is 0. The summed E-state index contributed by atoms with van der Waals surface area (Å²) in [7, 11) is 0. The van der Waals surface area contributed by atoms with Gasteiger partial charge in [-0.15, -0.1) is 0 Å². The van der Waals surface area contributed by atoms with E-state index >= 15 is 0 Å². The molecule has 60 valence electrons. The highest BCUT2D eigenvalue weighted by molar-refractivity contribution is 5.47. The minimum Gasteiger partial charge on any atom is -0.261 e. The van der Waals surface area contributed by atoms with E-state index in [0.717, 1.165) is 6.20 Å². The van der Waals surface area contributed by atoms with Crippen molar-refractivity contribution >= 4 is 6.08 Å². The van der Waals surface area contributed by atoms with Crippen molar-refractivity contribution in [2.24, 2.45) is 0 Å². The molecule has 1 rings (SSSR count). The van der Waals surface area contributed by atoms with Crippen LogP contribution in [0.2, 0.25) is 0 Å². The van der Waals surface area contributed by atoms with Crippen LogP contribution >= 0.6 is 0 Å². The van der Waals surface area contributed by atoms with E-state index < -0.39 is 0 Å². The number of pyridine rings is 1. The largest absolute Gasteiger partial charge is 0.261 e. The van der Waals surface area contributed by atoms with Crippen LogP contribution in [0.15, 0.2) is 24.5 Å². The predicted octanol–water partition coefficient (Wildman–Crippen LogP) is 2.15. The summed E-state index contributed by atoms with van der Waals surface area (Å²) < 4.78 is 12.5. The van der Waals surface area contributed by atoms with E-state index in [1.165, 1.54) is 12.3 Å². The van der Waals surface area contributed by atoms with Gasteiger partial charge in [0.1, 0.15) is 5.82 Å². The Morgan fingerprint density at radius 1 is 1.58 bits per heavy atom. The van der Waals surface area contributed by atoms with E-state index in [0.29, 0.717) is 12.0 Å². The third kappa shape index (κ3) is 2.51. The fraction of sp³-hybridized carbons (Fsp3) is 0.111. The van der Waals surface area contributed by atoms with Gasteiger partial charge in [-0.2, -0.15) is 5.26 Å². The Morgan fingerprint density at radius 2 is 2.42 bits per heavy atom. The van der Waals surface area contributed by atoms with Crippen LogP contribution in [-0.4, -0.2) is 4.98 Å². The van der Waals surface area contributed by atoms with Gasteiger partial charge >= 0.3 is 0 Å². The van der Waals surface area contributed by atoms with Crippen molar-refractivity contribution in [3.8, 4) is 6.07 Å². The summed E-state index contributed by atoms with van der Waals surface area (Å²) in [5.74, 6) is -0.367. The van der Waals surface area contributed by atoms with Gasteiger partial charge in [0.15, 0.2) is 0 Å². The normalized spacial score (nSPS) is 10.0. The molecular weight excluding hydrogens is 155 g/mol. The molecule has 0 saturated heterocycles. The van der Waals surface area contributed by atoms with Gasteiger partial charge in [-0.05, 0) is 11.6 Å². The first kappa shape index (κ1) is 8.41. The number of rotatable bonds is 2. The van der Waals surface area contributed by atoms with Crippen LogP contribution < -0.4 is 0 Å². The van der Waals surface area contributed by atoms with Crippen LogP contribution in [0.4, 0.5) is 4.39 Å². The zero-order valence-electron chi connectivity index (χ0n) is 6.37. The molecule has 2 nitrogen and oxygen atoms in total. The van der Waals surface area contributed by atoms with Crippen molar-refractivity contribution in [1.82, 2.24) is 4.98 Å². The maximum absolute atomic E-state index is 12.5. The van der Waals surface area contributed by atoms with E-state index in [1.807, 2.05) is 6.07 Å². The van der Waals surface area contributed by atoms with Crippen LogP contribution in [0.1, 0.15) is 12.0 Å². The van der Waals surface area contributed by atoms with Gasteiger partial charge in [-0.25, -0.2) is 4.39 Å². The highest BCUT2D eigenvalue weighted by Gasteiger charge is 1.89. The average molecular weight is 162 g/mol. The zero-order chi connectivity index (χ0) is 8.81. The lowest BCUT2D eigenvalue weighted by molar-refractivity contribution is 0.621. The molecule has 0 atom stereocenters. The second-order valence-electron chi connectivity index (χ2n) is 2.20. The van der Waals surface area contributed by atoms with Gasteiger partial charge in [-0.3, -0.25) is 4.98 Å². The number of nitrogens with zero attached hydrogens (tertiary/aromatic N) is 2. The SMILES string of the molecule is N#CCC=Cc1cncc(F)c1. The molecule has 3 heteroatoms. The van der Waals surface area contributed by atoms with Crippen molar-refractivity contribution in [2.75, 3.05) is 0 Å². The summed E-state index contributed by atoms with van der Waals surface area (Å²) in [4.78, 5) is 3.65. The van der Waals surface area contributed by atoms with Gasteiger partial charge in [0, 0.05) is 6.20 Å². The van der Waals surface area contributed by atoms with Gasteiger partial charge in [0.05, 0.1) is 18.7 Å². The molecule has 0 fully saturated rings. The van der Waals surface area contributed by atoms with Crippen molar-refractivity contribution in [1.29, 1.82) is 5.26 Å². The molecule has 0 unspecified atom stereocenters. The summed E-state index contributed by atoms with van der Waals surface area (Å²) in [5, 5.41) is 8.21. The van der Waals surface area contributed by atoms with E-state index in [1.54, 1.807) is 12.2 Å². The van der Waals surface area contributed by atoms with Crippen LogP contribution in [0.5, 0.6) is 0 Å². The Bertz CT molecular complexity index is 326. The van der Waals surface area contributed by atoms with Crippen molar-refractivity contribution in [3.63, 3.8) is 0 Å². The molecule has 0 aromatic carbocycles. The van der Waals surface area contributed by atoms with Crippen molar-refractivity contribution in [2.45, 2.75) is 6.42 Å². The summed E-state index contributed by atoms with van der Waals surface area (Å²) in [6.07, 6.45) is 6.34. The molecule has 0 amide bonds. The molecule has 0 aliphatic rings. The summed E-state index contributed by atoms with van der Waals surface area (Å²) in [6, 6.07) is 3.31. The number of hydrogen-bond acceptors (Lipinski definition) is 2.